The molecule has 0 aliphatic rings. The SMILES string of the molecule is COc1ccc(C(CN)N(C)CCSC)c(OC)c1OC. The molecule has 2 N–H and O–H groups in total. The van der Waals surface area contributed by atoms with Crippen LogP contribution in [0.3, 0.4) is 0 Å². The van der Waals surface area contributed by atoms with Crippen LogP contribution in [0.25, 0.3) is 0 Å². The fraction of sp³-hybridized carbons (Fsp3) is 0.600. The van der Waals surface area contributed by atoms with Crippen LogP contribution in [-0.4, -0.2) is 58.4 Å². The van der Waals surface area contributed by atoms with Gasteiger partial charge in [0, 0.05) is 24.4 Å². The van der Waals surface area contributed by atoms with E-state index >= 15 is 0 Å². The maximum Gasteiger partial charge on any atom is 0.203 e. The molecule has 0 aromatic heterocycles. The van der Waals surface area contributed by atoms with Crippen molar-refractivity contribution in [3.05, 3.63) is 17.7 Å². The van der Waals surface area contributed by atoms with E-state index in [2.05, 4.69) is 18.2 Å². The van der Waals surface area contributed by atoms with E-state index in [0.717, 1.165) is 17.9 Å². The molecular formula is C15H26N2O3S. The average Bonchev–Trinajstić information content (AvgIpc) is 2.52. The Kier molecular flexibility index (Phi) is 7.71. The predicted octanol–water partition coefficient (Wildman–Crippen LogP) is 2.01. The van der Waals surface area contributed by atoms with Crippen molar-refractivity contribution in [1.82, 2.24) is 4.90 Å². The molecule has 5 nitrogen and oxygen atoms in total. The Morgan fingerprint density at radius 3 is 2.29 bits per heavy atom. The normalized spacial score (nSPS) is 12.3. The van der Waals surface area contributed by atoms with Crippen molar-refractivity contribution >= 4 is 11.8 Å². The van der Waals surface area contributed by atoms with Gasteiger partial charge in [-0.15, -0.1) is 0 Å². The van der Waals surface area contributed by atoms with Crippen molar-refractivity contribution in [3.8, 4) is 17.2 Å². The van der Waals surface area contributed by atoms with Gasteiger partial charge < -0.3 is 19.9 Å². The summed E-state index contributed by atoms with van der Waals surface area (Å²) in [6.45, 7) is 1.47. The first-order valence-electron chi connectivity index (χ1n) is 6.82. The molecule has 0 aliphatic carbocycles. The highest BCUT2D eigenvalue weighted by Crippen LogP contribution is 2.42. The van der Waals surface area contributed by atoms with E-state index in [1.807, 2.05) is 23.9 Å². The van der Waals surface area contributed by atoms with Gasteiger partial charge in [0.05, 0.1) is 27.4 Å². The number of ether oxygens (including phenoxy) is 3. The number of nitrogens with zero attached hydrogens (tertiary/aromatic N) is 1. The van der Waals surface area contributed by atoms with Gasteiger partial charge in [0.15, 0.2) is 11.5 Å². The Hall–Kier alpha value is -1.11. The van der Waals surface area contributed by atoms with Gasteiger partial charge in [0.25, 0.3) is 0 Å². The van der Waals surface area contributed by atoms with Gasteiger partial charge in [-0.25, -0.2) is 0 Å². The minimum atomic E-state index is 0.0758. The quantitative estimate of drug-likeness (QED) is 0.752. The fourth-order valence-corrected chi connectivity index (χ4v) is 2.79. The van der Waals surface area contributed by atoms with E-state index in [1.165, 1.54) is 0 Å². The lowest BCUT2D eigenvalue weighted by Gasteiger charge is -2.29. The minimum absolute atomic E-state index is 0.0758. The lowest BCUT2D eigenvalue weighted by atomic mass is 10.0. The van der Waals surface area contributed by atoms with Crippen LogP contribution in [0, 0.1) is 0 Å². The third-order valence-electron chi connectivity index (χ3n) is 3.50. The van der Waals surface area contributed by atoms with E-state index in [0.29, 0.717) is 23.8 Å². The van der Waals surface area contributed by atoms with Gasteiger partial charge in [-0.1, -0.05) is 0 Å². The third-order valence-corrected chi connectivity index (χ3v) is 4.09. The van der Waals surface area contributed by atoms with Gasteiger partial charge in [-0.3, -0.25) is 4.90 Å². The summed E-state index contributed by atoms with van der Waals surface area (Å²) in [6, 6.07) is 3.96. The molecule has 1 atom stereocenters. The Morgan fingerprint density at radius 1 is 1.14 bits per heavy atom. The second-order valence-electron chi connectivity index (χ2n) is 4.65. The molecule has 0 radical (unpaired) electrons. The van der Waals surface area contributed by atoms with E-state index in [4.69, 9.17) is 19.9 Å². The molecule has 0 bridgehead atoms. The lowest BCUT2D eigenvalue weighted by Crippen LogP contribution is -2.32. The summed E-state index contributed by atoms with van der Waals surface area (Å²) in [6.07, 6.45) is 2.10. The third kappa shape index (κ3) is 4.18. The van der Waals surface area contributed by atoms with Crippen LogP contribution < -0.4 is 19.9 Å². The summed E-state index contributed by atoms with van der Waals surface area (Å²) in [5, 5.41) is 0. The molecule has 0 saturated heterocycles. The van der Waals surface area contributed by atoms with E-state index in [1.54, 1.807) is 21.3 Å². The Balaban J connectivity index is 3.20. The molecular weight excluding hydrogens is 288 g/mol. The zero-order valence-electron chi connectivity index (χ0n) is 13.5. The number of nitrogens with two attached hydrogens (primary N) is 1. The predicted molar refractivity (Wildman–Crippen MR) is 88.9 cm³/mol. The van der Waals surface area contributed by atoms with Crippen LogP contribution in [-0.2, 0) is 0 Å². The number of thioether (sulfide) groups is 1. The first kappa shape index (κ1) is 17.9. The zero-order valence-corrected chi connectivity index (χ0v) is 14.3. The number of hydrogen-bond acceptors (Lipinski definition) is 6. The molecule has 0 saturated carbocycles. The van der Waals surface area contributed by atoms with Crippen molar-refractivity contribution in [2.45, 2.75) is 6.04 Å². The van der Waals surface area contributed by atoms with Crippen LogP contribution in [0.5, 0.6) is 17.2 Å². The van der Waals surface area contributed by atoms with Gasteiger partial charge in [-0.05, 0) is 25.4 Å². The van der Waals surface area contributed by atoms with E-state index < -0.39 is 0 Å². The van der Waals surface area contributed by atoms with Gasteiger partial charge in [0.1, 0.15) is 0 Å². The highest BCUT2D eigenvalue weighted by molar-refractivity contribution is 7.98. The van der Waals surface area contributed by atoms with Crippen molar-refractivity contribution in [2.75, 3.05) is 53.5 Å². The average molecular weight is 314 g/mol. The highest BCUT2D eigenvalue weighted by Gasteiger charge is 2.24. The van der Waals surface area contributed by atoms with Crippen molar-refractivity contribution in [2.24, 2.45) is 5.73 Å². The second kappa shape index (κ2) is 9.02. The number of hydrogen-bond donors (Lipinski definition) is 1. The zero-order chi connectivity index (χ0) is 15.8. The molecule has 21 heavy (non-hydrogen) atoms. The first-order chi connectivity index (χ1) is 10.1. The summed E-state index contributed by atoms with van der Waals surface area (Å²) in [7, 11) is 6.93. The van der Waals surface area contributed by atoms with E-state index in [9.17, 15) is 0 Å². The Bertz CT molecular complexity index is 443. The molecule has 1 rings (SSSR count). The monoisotopic (exact) mass is 314 g/mol. The van der Waals surface area contributed by atoms with Crippen LogP contribution in [0.4, 0.5) is 0 Å². The molecule has 0 spiro atoms. The summed E-state index contributed by atoms with van der Waals surface area (Å²) in [5.41, 5.74) is 7.00. The molecule has 0 aliphatic heterocycles. The molecule has 0 fully saturated rings. The standard InChI is InChI=1S/C15H26N2O3S/c1-17(8-9-21-5)12(10-16)11-6-7-13(18-2)15(20-4)14(11)19-3/h6-7,12H,8-10,16H2,1-5H3. The number of benzene rings is 1. The summed E-state index contributed by atoms with van der Waals surface area (Å²) >= 11 is 1.82. The van der Waals surface area contributed by atoms with Crippen molar-refractivity contribution in [1.29, 1.82) is 0 Å². The Morgan fingerprint density at radius 2 is 1.81 bits per heavy atom. The Labute approximate surface area is 131 Å². The molecule has 0 heterocycles. The molecule has 0 amide bonds. The van der Waals surface area contributed by atoms with Crippen molar-refractivity contribution < 1.29 is 14.2 Å². The molecule has 1 aromatic rings. The number of methoxy groups -OCH3 is 3. The summed E-state index contributed by atoms with van der Waals surface area (Å²) in [4.78, 5) is 2.24. The lowest BCUT2D eigenvalue weighted by molar-refractivity contribution is 0.253. The summed E-state index contributed by atoms with van der Waals surface area (Å²) < 4.78 is 16.3. The fourth-order valence-electron chi connectivity index (χ4n) is 2.32. The second-order valence-corrected chi connectivity index (χ2v) is 5.63. The molecule has 6 heteroatoms. The molecule has 1 unspecified atom stereocenters. The van der Waals surface area contributed by atoms with Gasteiger partial charge >= 0.3 is 0 Å². The molecule has 1 aromatic carbocycles. The maximum absolute atomic E-state index is 5.99. The largest absolute Gasteiger partial charge is 0.493 e. The first-order valence-corrected chi connectivity index (χ1v) is 8.22. The van der Waals surface area contributed by atoms with E-state index in [-0.39, 0.29) is 6.04 Å². The van der Waals surface area contributed by atoms with Crippen LogP contribution in [0.1, 0.15) is 11.6 Å². The van der Waals surface area contributed by atoms with Crippen LogP contribution in [0.2, 0.25) is 0 Å². The van der Waals surface area contributed by atoms with Gasteiger partial charge in [-0.2, -0.15) is 11.8 Å². The minimum Gasteiger partial charge on any atom is -0.493 e. The van der Waals surface area contributed by atoms with Gasteiger partial charge in [0.2, 0.25) is 5.75 Å². The highest BCUT2D eigenvalue weighted by atomic mass is 32.2. The van der Waals surface area contributed by atoms with Crippen LogP contribution >= 0.6 is 11.8 Å². The van der Waals surface area contributed by atoms with Crippen molar-refractivity contribution in [3.63, 3.8) is 0 Å². The topological polar surface area (TPSA) is 57.0 Å². The number of likely N-dealkylation sites (N-methyl/N-ethyl adjacent to an activating group) is 1. The molecule has 120 valence electrons. The summed E-state index contributed by atoms with van der Waals surface area (Å²) in [5.74, 6) is 3.00. The van der Waals surface area contributed by atoms with Crippen LogP contribution in [0.15, 0.2) is 12.1 Å². The number of rotatable bonds is 9. The smallest absolute Gasteiger partial charge is 0.203 e. The maximum atomic E-state index is 5.99.